The van der Waals surface area contributed by atoms with Gasteiger partial charge in [0.05, 0.1) is 6.04 Å². The fraction of sp³-hybridized carbons (Fsp3) is 0.500. The lowest BCUT2D eigenvalue weighted by molar-refractivity contribution is 0.112. The number of benzene rings is 2. The van der Waals surface area contributed by atoms with E-state index in [-0.39, 0.29) is 17.7 Å². The number of halogens is 2. The Morgan fingerprint density at radius 2 is 1.39 bits per heavy atom. The van der Waals surface area contributed by atoms with Crippen LogP contribution in [0.2, 0.25) is 0 Å². The van der Waals surface area contributed by atoms with Gasteiger partial charge in [0.2, 0.25) is 0 Å². The van der Waals surface area contributed by atoms with E-state index in [2.05, 4.69) is 17.1 Å². The van der Waals surface area contributed by atoms with Crippen LogP contribution >= 0.6 is 0 Å². The Morgan fingerprint density at radius 3 is 1.86 bits per heavy atom. The maximum atomic E-state index is 13.4. The highest BCUT2D eigenvalue weighted by Gasteiger charge is 2.40. The van der Waals surface area contributed by atoms with Crippen LogP contribution in [0.25, 0.3) is 0 Å². The highest BCUT2D eigenvalue weighted by molar-refractivity contribution is 5.32. The Kier molecular flexibility index (Phi) is 6.07. The van der Waals surface area contributed by atoms with Gasteiger partial charge in [-0.15, -0.1) is 0 Å². The van der Waals surface area contributed by atoms with E-state index < -0.39 is 0 Å². The van der Waals surface area contributed by atoms with E-state index in [9.17, 15) is 8.78 Å². The predicted octanol–water partition coefficient (Wildman–Crippen LogP) is 5.44. The number of rotatable bonds is 7. The third kappa shape index (κ3) is 4.28. The van der Waals surface area contributed by atoms with Crippen molar-refractivity contribution in [2.75, 3.05) is 6.54 Å². The Balaban J connectivity index is 1.52. The average Bonchev–Trinajstić information content (AvgIpc) is 2.94. The lowest BCUT2D eigenvalue weighted by atomic mass is 9.92. The second kappa shape index (κ2) is 8.71. The van der Waals surface area contributed by atoms with Crippen LogP contribution in [0, 0.1) is 11.6 Å². The lowest BCUT2D eigenvalue weighted by Crippen LogP contribution is -2.50. The number of hydrogen-bond acceptors (Lipinski definition) is 2. The van der Waals surface area contributed by atoms with Crippen molar-refractivity contribution in [1.29, 1.82) is 0 Å². The number of fused-ring (bicyclic) bond motifs is 2. The van der Waals surface area contributed by atoms with Gasteiger partial charge in [-0.25, -0.2) is 8.78 Å². The SMILES string of the molecule is CCCCN1C2CCC1CC(NC(c1ccc(F)cc1)c1ccc(F)cc1)C2. The predicted molar refractivity (Wildman–Crippen MR) is 109 cm³/mol. The van der Waals surface area contributed by atoms with Crippen LogP contribution in [0.5, 0.6) is 0 Å². The molecule has 28 heavy (non-hydrogen) atoms. The molecule has 0 amide bonds. The Bertz CT molecular complexity index is 700. The minimum Gasteiger partial charge on any atom is -0.303 e. The van der Waals surface area contributed by atoms with Crippen molar-refractivity contribution in [2.24, 2.45) is 0 Å². The molecule has 4 rings (SSSR count). The molecule has 2 aromatic rings. The molecule has 1 N–H and O–H groups in total. The van der Waals surface area contributed by atoms with Crippen molar-refractivity contribution in [2.45, 2.75) is 69.6 Å². The molecular weight excluding hydrogens is 354 g/mol. The number of hydrogen-bond donors (Lipinski definition) is 1. The summed E-state index contributed by atoms with van der Waals surface area (Å²) in [6.07, 6.45) is 7.42. The number of piperidine rings is 1. The first-order valence-electron chi connectivity index (χ1n) is 10.7. The van der Waals surface area contributed by atoms with Gasteiger partial charge in [0.1, 0.15) is 11.6 Å². The second-order valence-electron chi connectivity index (χ2n) is 8.35. The van der Waals surface area contributed by atoms with E-state index in [0.717, 1.165) is 24.0 Å². The summed E-state index contributed by atoms with van der Waals surface area (Å²) in [5, 5.41) is 3.83. The quantitative estimate of drug-likeness (QED) is 0.684. The van der Waals surface area contributed by atoms with E-state index in [1.807, 2.05) is 24.3 Å². The molecule has 4 heteroatoms. The molecule has 2 saturated heterocycles. The second-order valence-corrected chi connectivity index (χ2v) is 8.35. The van der Waals surface area contributed by atoms with Crippen molar-refractivity contribution in [1.82, 2.24) is 10.2 Å². The molecular formula is C24H30F2N2. The Hall–Kier alpha value is -1.78. The molecule has 2 aromatic carbocycles. The number of nitrogens with zero attached hydrogens (tertiary/aromatic N) is 1. The largest absolute Gasteiger partial charge is 0.303 e. The molecule has 2 heterocycles. The summed E-state index contributed by atoms with van der Waals surface area (Å²) in [7, 11) is 0. The van der Waals surface area contributed by atoms with Gasteiger partial charge in [0.15, 0.2) is 0 Å². The minimum absolute atomic E-state index is 0.0483. The normalized spacial score (nSPS) is 24.8. The number of nitrogens with one attached hydrogen (secondary N) is 1. The van der Waals surface area contributed by atoms with E-state index >= 15 is 0 Å². The van der Waals surface area contributed by atoms with Crippen molar-refractivity contribution in [3.8, 4) is 0 Å². The minimum atomic E-state index is -0.233. The van der Waals surface area contributed by atoms with Gasteiger partial charge in [0.25, 0.3) is 0 Å². The maximum Gasteiger partial charge on any atom is 0.123 e. The molecule has 0 aliphatic carbocycles. The topological polar surface area (TPSA) is 15.3 Å². The summed E-state index contributed by atoms with van der Waals surface area (Å²) in [4.78, 5) is 2.73. The summed E-state index contributed by atoms with van der Waals surface area (Å²) in [5.74, 6) is -0.465. The Morgan fingerprint density at radius 1 is 0.893 bits per heavy atom. The first-order valence-corrected chi connectivity index (χ1v) is 10.7. The van der Waals surface area contributed by atoms with E-state index in [1.165, 1.54) is 56.5 Å². The van der Waals surface area contributed by atoms with Crippen molar-refractivity contribution in [3.63, 3.8) is 0 Å². The highest BCUT2D eigenvalue weighted by Crippen LogP contribution is 2.37. The van der Waals surface area contributed by atoms with Crippen LogP contribution in [0.1, 0.15) is 62.6 Å². The molecule has 2 fully saturated rings. The van der Waals surface area contributed by atoms with Crippen LogP contribution in [-0.2, 0) is 0 Å². The molecule has 2 aliphatic rings. The van der Waals surface area contributed by atoms with Crippen LogP contribution in [-0.4, -0.2) is 29.6 Å². The molecule has 2 unspecified atom stereocenters. The van der Waals surface area contributed by atoms with E-state index in [0.29, 0.717) is 18.1 Å². The monoisotopic (exact) mass is 384 g/mol. The fourth-order valence-corrected chi connectivity index (χ4v) is 5.05. The molecule has 2 nitrogen and oxygen atoms in total. The molecule has 150 valence electrons. The van der Waals surface area contributed by atoms with Gasteiger partial charge in [-0.05, 0) is 74.0 Å². The third-order valence-corrected chi connectivity index (χ3v) is 6.46. The summed E-state index contributed by atoms with van der Waals surface area (Å²) in [6, 6.07) is 15.1. The number of unbranched alkanes of at least 4 members (excludes halogenated alkanes) is 1. The first-order chi connectivity index (χ1) is 13.6. The van der Waals surface area contributed by atoms with E-state index in [4.69, 9.17) is 0 Å². The van der Waals surface area contributed by atoms with Crippen LogP contribution in [0.4, 0.5) is 8.78 Å². The fourth-order valence-electron chi connectivity index (χ4n) is 5.05. The van der Waals surface area contributed by atoms with E-state index in [1.54, 1.807) is 0 Å². The molecule has 0 radical (unpaired) electrons. The average molecular weight is 385 g/mol. The van der Waals surface area contributed by atoms with Crippen LogP contribution < -0.4 is 5.32 Å². The van der Waals surface area contributed by atoms with Crippen molar-refractivity contribution < 1.29 is 8.78 Å². The summed E-state index contributed by atoms with van der Waals surface area (Å²) in [6.45, 7) is 3.48. The Labute approximate surface area is 166 Å². The third-order valence-electron chi connectivity index (χ3n) is 6.46. The molecule has 2 bridgehead atoms. The van der Waals surface area contributed by atoms with Gasteiger partial charge in [-0.2, -0.15) is 0 Å². The molecule has 2 aliphatic heterocycles. The smallest absolute Gasteiger partial charge is 0.123 e. The van der Waals surface area contributed by atoms with Crippen molar-refractivity contribution >= 4 is 0 Å². The zero-order chi connectivity index (χ0) is 19.5. The van der Waals surface area contributed by atoms with Crippen molar-refractivity contribution in [3.05, 3.63) is 71.3 Å². The van der Waals surface area contributed by atoms with Gasteiger partial charge < -0.3 is 5.32 Å². The first kappa shape index (κ1) is 19.5. The maximum absolute atomic E-state index is 13.4. The van der Waals surface area contributed by atoms with Gasteiger partial charge in [0, 0.05) is 18.1 Å². The van der Waals surface area contributed by atoms with Gasteiger partial charge in [-0.3, -0.25) is 4.90 Å². The zero-order valence-corrected chi connectivity index (χ0v) is 16.6. The lowest BCUT2D eigenvalue weighted by Gasteiger charge is -2.40. The summed E-state index contributed by atoms with van der Waals surface area (Å²) in [5.41, 5.74) is 2.04. The van der Waals surface area contributed by atoms with Gasteiger partial charge >= 0.3 is 0 Å². The van der Waals surface area contributed by atoms with Crippen LogP contribution in [0.15, 0.2) is 48.5 Å². The standard InChI is InChI=1S/C24H30F2N2/c1-2-3-14-28-22-12-13-23(28)16-21(15-22)27-24(17-4-8-19(25)9-5-17)18-6-10-20(26)11-7-18/h4-11,21-24,27H,2-3,12-16H2,1H3. The van der Waals surface area contributed by atoms with Gasteiger partial charge in [-0.1, -0.05) is 37.6 Å². The highest BCUT2D eigenvalue weighted by atomic mass is 19.1. The molecule has 0 aromatic heterocycles. The molecule has 2 atom stereocenters. The summed E-state index contributed by atoms with van der Waals surface area (Å²) >= 11 is 0. The zero-order valence-electron chi connectivity index (χ0n) is 16.6. The summed E-state index contributed by atoms with van der Waals surface area (Å²) < 4.78 is 26.9. The molecule has 0 saturated carbocycles. The van der Waals surface area contributed by atoms with Crippen LogP contribution in [0.3, 0.4) is 0 Å². The molecule has 0 spiro atoms.